The fraction of sp³-hybridized carbons (Fsp3) is 0.917. The molecular formula is C12H20O2. The van der Waals surface area contributed by atoms with E-state index >= 15 is 0 Å². The summed E-state index contributed by atoms with van der Waals surface area (Å²) in [6.45, 7) is 2.61. The normalized spacial score (nSPS) is 29.9. The molecule has 0 N–H and O–H groups in total. The lowest BCUT2D eigenvalue weighted by atomic mass is 9.71. The van der Waals surface area contributed by atoms with E-state index in [0.717, 1.165) is 31.8 Å². The Morgan fingerprint density at radius 1 is 1.50 bits per heavy atom. The van der Waals surface area contributed by atoms with Crippen LogP contribution >= 0.6 is 0 Å². The Morgan fingerprint density at radius 2 is 2.29 bits per heavy atom. The summed E-state index contributed by atoms with van der Waals surface area (Å²) in [5.41, 5.74) is 0.250. The molecule has 1 aliphatic carbocycles. The van der Waals surface area contributed by atoms with Crippen LogP contribution in [0.25, 0.3) is 0 Å². The second-order valence-corrected chi connectivity index (χ2v) is 4.98. The first-order valence-corrected chi connectivity index (χ1v) is 5.84. The maximum atomic E-state index is 10.9. The molecule has 14 heavy (non-hydrogen) atoms. The van der Waals surface area contributed by atoms with Crippen LogP contribution in [0.1, 0.15) is 51.9 Å². The standard InChI is InChI=1S/C12H20O2/c1-10(13)3-4-11-5-8-14-12(9-11)6-2-7-12/h11H,2-9H2,1H3. The fourth-order valence-electron chi connectivity index (χ4n) is 2.70. The molecule has 1 aliphatic heterocycles. The molecule has 2 aliphatic rings. The Morgan fingerprint density at radius 3 is 2.86 bits per heavy atom. The van der Waals surface area contributed by atoms with Crippen molar-refractivity contribution < 1.29 is 9.53 Å². The lowest BCUT2D eigenvalue weighted by Gasteiger charge is -2.47. The summed E-state index contributed by atoms with van der Waals surface area (Å²) in [6.07, 6.45) is 8.06. The Hall–Kier alpha value is -0.370. The number of ether oxygens (including phenoxy) is 1. The Bertz CT molecular complexity index is 218. The molecule has 0 aromatic rings. The highest BCUT2D eigenvalue weighted by molar-refractivity contribution is 5.75. The van der Waals surface area contributed by atoms with Crippen LogP contribution in [0.15, 0.2) is 0 Å². The highest BCUT2D eigenvalue weighted by Gasteiger charge is 2.42. The number of ketones is 1. The molecule has 2 nitrogen and oxygen atoms in total. The van der Waals surface area contributed by atoms with E-state index in [1.165, 1.54) is 25.7 Å². The monoisotopic (exact) mass is 196 g/mol. The minimum Gasteiger partial charge on any atom is -0.375 e. The van der Waals surface area contributed by atoms with Crippen molar-refractivity contribution in [2.75, 3.05) is 6.61 Å². The third-order valence-electron chi connectivity index (χ3n) is 3.76. The maximum Gasteiger partial charge on any atom is 0.129 e. The average molecular weight is 196 g/mol. The van der Waals surface area contributed by atoms with Crippen LogP contribution in [-0.4, -0.2) is 18.0 Å². The Labute approximate surface area is 86.0 Å². The molecule has 2 heteroatoms. The van der Waals surface area contributed by atoms with Gasteiger partial charge in [0.15, 0.2) is 0 Å². The van der Waals surface area contributed by atoms with Crippen LogP contribution in [0.4, 0.5) is 0 Å². The Balaban J connectivity index is 1.79. The second kappa shape index (κ2) is 4.01. The first kappa shape index (κ1) is 10.2. The van der Waals surface area contributed by atoms with Gasteiger partial charge in [-0.25, -0.2) is 0 Å². The van der Waals surface area contributed by atoms with Gasteiger partial charge in [0.1, 0.15) is 5.78 Å². The number of Topliss-reactive ketones (excluding diaryl/α,β-unsaturated/α-hetero) is 1. The van der Waals surface area contributed by atoms with Gasteiger partial charge in [0.2, 0.25) is 0 Å². The van der Waals surface area contributed by atoms with Gasteiger partial charge in [0.05, 0.1) is 5.60 Å². The number of rotatable bonds is 3. The van der Waals surface area contributed by atoms with Gasteiger partial charge in [-0.1, -0.05) is 0 Å². The zero-order valence-corrected chi connectivity index (χ0v) is 9.05. The van der Waals surface area contributed by atoms with Gasteiger partial charge in [0.25, 0.3) is 0 Å². The van der Waals surface area contributed by atoms with Gasteiger partial charge < -0.3 is 9.53 Å². The van der Waals surface area contributed by atoms with Crippen molar-refractivity contribution in [2.24, 2.45) is 5.92 Å². The SMILES string of the molecule is CC(=O)CCC1CCOC2(CCC2)C1. The zero-order chi connectivity index (χ0) is 10.0. The molecule has 1 unspecified atom stereocenters. The van der Waals surface area contributed by atoms with Crippen LogP contribution < -0.4 is 0 Å². The fourth-order valence-corrected chi connectivity index (χ4v) is 2.70. The third-order valence-corrected chi connectivity index (χ3v) is 3.76. The van der Waals surface area contributed by atoms with E-state index in [2.05, 4.69) is 0 Å². The third kappa shape index (κ3) is 2.17. The molecular weight excluding hydrogens is 176 g/mol. The van der Waals surface area contributed by atoms with Crippen LogP contribution in [0, 0.1) is 5.92 Å². The van der Waals surface area contributed by atoms with Crippen LogP contribution in [0.3, 0.4) is 0 Å². The molecule has 80 valence electrons. The summed E-state index contributed by atoms with van der Waals surface area (Å²) in [6, 6.07) is 0. The van der Waals surface area contributed by atoms with Crippen molar-refractivity contribution >= 4 is 5.78 Å². The van der Waals surface area contributed by atoms with E-state index in [1.54, 1.807) is 6.92 Å². The van der Waals surface area contributed by atoms with E-state index in [-0.39, 0.29) is 5.60 Å². The molecule has 0 amide bonds. The van der Waals surface area contributed by atoms with Gasteiger partial charge in [-0.3, -0.25) is 0 Å². The molecule has 0 aromatic heterocycles. The summed E-state index contributed by atoms with van der Waals surface area (Å²) in [4.78, 5) is 10.9. The molecule has 0 bridgehead atoms. The molecule has 1 spiro atoms. The van der Waals surface area contributed by atoms with Gasteiger partial charge in [-0.15, -0.1) is 0 Å². The highest BCUT2D eigenvalue weighted by Crippen LogP contribution is 2.45. The van der Waals surface area contributed by atoms with Crippen molar-refractivity contribution in [3.8, 4) is 0 Å². The minimum absolute atomic E-state index is 0.250. The molecule has 1 saturated heterocycles. The first-order valence-electron chi connectivity index (χ1n) is 5.84. The lowest BCUT2D eigenvalue weighted by molar-refractivity contribution is -0.145. The summed E-state index contributed by atoms with van der Waals surface area (Å²) < 4.78 is 5.85. The summed E-state index contributed by atoms with van der Waals surface area (Å²) in [5.74, 6) is 1.08. The Kier molecular flexibility index (Phi) is 2.91. The van der Waals surface area contributed by atoms with E-state index in [9.17, 15) is 4.79 Å². The molecule has 1 saturated carbocycles. The van der Waals surface area contributed by atoms with E-state index < -0.39 is 0 Å². The molecule has 2 rings (SSSR count). The molecule has 0 aromatic carbocycles. The molecule has 1 heterocycles. The van der Waals surface area contributed by atoms with Crippen molar-refractivity contribution in [3.05, 3.63) is 0 Å². The number of carbonyl (C=O) groups is 1. The van der Waals surface area contributed by atoms with Crippen LogP contribution in [0.2, 0.25) is 0 Å². The summed E-state index contributed by atoms with van der Waals surface area (Å²) in [5, 5.41) is 0. The molecule has 2 fully saturated rings. The average Bonchev–Trinajstić information content (AvgIpc) is 2.13. The molecule has 1 atom stereocenters. The van der Waals surface area contributed by atoms with Crippen molar-refractivity contribution in [1.82, 2.24) is 0 Å². The van der Waals surface area contributed by atoms with Gasteiger partial charge in [-0.2, -0.15) is 0 Å². The number of hydrogen-bond donors (Lipinski definition) is 0. The topological polar surface area (TPSA) is 26.3 Å². The van der Waals surface area contributed by atoms with E-state index in [0.29, 0.717) is 5.78 Å². The van der Waals surface area contributed by atoms with Gasteiger partial charge in [-0.05, 0) is 51.4 Å². The van der Waals surface area contributed by atoms with Crippen LogP contribution in [-0.2, 0) is 9.53 Å². The quantitative estimate of drug-likeness (QED) is 0.693. The largest absolute Gasteiger partial charge is 0.375 e. The first-order chi connectivity index (χ1) is 6.70. The second-order valence-electron chi connectivity index (χ2n) is 4.98. The predicted octanol–water partition coefficient (Wildman–Crippen LogP) is 2.70. The van der Waals surface area contributed by atoms with Gasteiger partial charge in [0, 0.05) is 13.0 Å². The van der Waals surface area contributed by atoms with E-state index in [4.69, 9.17) is 4.74 Å². The van der Waals surface area contributed by atoms with Crippen molar-refractivity contribution in [3.63, 3.8) is 0 Å². The predicted molar refractivity (Wildman–Crippen MR) is 55.2 cm³/mol. The highest BCUT2D eigenvalue weighted by atomic mass is 16.5. The van der Waals surface area contributed by atoms with E-state index in [1.807, 2.05) is 0 Å². The van der Waals surface area contributed by atoms with Crippen LogP contribution in [0.5, 0.6) is 0 Å². The lowest BCUT2D eigenvalue weighted by Crippen LogP contribution is -2.45. The number of hydrogen-bond acceptors (Lipinski definition) is 2. The van der Waals surface area contributed by atoms with Crippen molar-refractivity contribution in [2.45, 2.75) is 57.5 Å². The summed E-state index contributed by atoms with van der Waals surface area (Å²) in [7, 11) is 0. The maximum absolute atomic E-state index is 10.9. The zero-order valence-electron chi connectivity index (χ0n) is 9.05. The van der Waals surface area contributed by atoms with Gasteiger partial charge >= 0.3 is 0 Å². The minimum atomic E-state index is 0.250. The van der Waals surface area contributed by atoms with Crippen molar-refractivity contribution in [1.29, 1.82) is 0 Å². The summed E-state index contributed by atoms with van der Waals surface area (Å²) >= 11 is 0. The smallest absolute Gasteiger partial charge is 0.129 e. The molecule has 0 radical (unpaired) electrons. The number of carbonyl (C=O) groups excluding carboxylic acids is 1.